The lowest BCUT2D eigenvalue weighted by Gasteiger charge is -2.09. The molecule has 0 radical (unpaired) electrons. The van der Waals surface area contributed by atoms with Gasteiger partial charge in [-0.25, -0.2) is 0 Å². The van der Waals surface area contributed by atoms with E-state index in [1.165, 1.54) is 0 Å². The van der Waals surface area contributed by atoms with Gasteiger partial charge in [0.1, 0.15) is 0 Å². The van der Waals surface area contributed by atoms with E-state index in [-0.39, 0.29) is 17.9 Å². The molecule has 1 amide bonds. The Morgan fingerprint density at radius 2 is 2.07 bits per heavy atom. The molecule has 0 saturated carbocycles. The van der Waals surface area contributed by atoms with Crippen LogP contribution in [0.15, 0.2) is 52.1 Å². The number of anilines is 1. The smallest absolute Gasteiger partial charge is 0.277 e. The summed E-state index contributed by atoms with van der Waals surface area (Å²) in [7, 11) is 0. The largest absolute Gasteiger partial charge is 0.454 e. The normalized spacial score (nSPS) is 13.0. The molecule has 9 heteroatoms. The lowest BCUT2D eigenvalue weighted by Crippen LogP contribution is -2.22. The first kappa shape index (κ1) is 17.9. The average Bonchev–Trinajstić information content (AvgIpc) is 3.36. The molecule has 0 fully saturated rings. The molecule has 0 spiro atoms. The first-order valence-electron chi connectivity index (χ1n) is 8.33. The van der Waals surface area contributed by atoms with Crippen LogP contribution in [-0.4, -0.2) is 28.1 Å². The van der Waals surface area contributed by atoms with Crippen molar-refractivity contribution < 1.29 is 18.7 Å². The molecule has 1 aliphatic heterocycles. The second kappa shape index (κ2) is 7.62. The number of nitriles is 1. The number of ether oxygens (including phenoxy) is 2. The third-order valence-corrected chi connectivity index (χ3v) is 4.87. The first-order chi connectivity index (χ1) is 13.6. The Hall–Kier alpha value is -3.51. The molecule has 140 valence electrons. The molecule has 0 saturated heterocycles. The molecule has 0 bridgehead atoms. The van der Waals surface area contributed by atoms with E-state index in [1.807, 2.05) is 6.07 Å². The maximum atomic E-state index is 12.4. The van der Waals surface area contributed by atoms with Gasteiger partial charge in [-0.1, -0.05) is 17.8 Å². The van der Waals surface area contributed by atoms with Crippen molar-refractivity contribution in [3.8, 4) is 29.0 Å². The second-order valence-electron chi connectivity index (χ2n) is 5.88. The fraction of sp³-hybridized carbons (Fsp3) is 0.158. The molecule has 2 aromatic carbocycles. The number of benzene rings is 2. The predicted molar refractivity (Wildman–Crippen MR) is 101 cm³/mol. The van der Waals surface area contributed by atoms with Crippen LogP contribution in [0.5, 0.6) is 11.5 Å². The van der Waals surface area contributed by atoms with Crippen LogP contribution in [0.4, 0.5) is 5.69 Å². The zero-order valence-electron chi connectivity index (χ0n) is 14.7. The molecule has 4 rings (SSSR count). The number of carbonyl (C=O) groups excluding carboxylic acids is 1. The van der Waals surface area contributed by atoms with E-state index < -0.39 is 5.25 Å². The van der Waals surface area contributed by atoms with Crippen LogP contribution in [-0.2, 0) is 4.79 Å². The van der Waals surface area contributed by atoms with E-state index in [0.717, 1.165) is 11.8 Å². The van der Waals surface area contributed by atoms with Crippen LogP contribution in [0, 0.1) is 11.3 Å². The molecule has 28 heavy (non-hydrogen) atoms. The average molecular weight is 394 g/mol. The quantitative estimate of drug-likeness (QED) is 0.655. The number of thioether (sulfide) groups is 1. The summed E-state index contributed by atoms with van der Waals surface area (Å²) in [5.41, 5.74) is 1.74. The lowest BCUT2D eigenvalue weighted by molar-refractivity contribution is -0.115. The predicted octanol–water partition coefficient (Wildman–Crippen LogP) is 3.46. The Morgan fingerprint density at radius 3 is 2.93 bits per heavy atom. The molecule has 1 aromatic heterocycles. The summed E-state index contributed by atoms with van der Waals surface area (Å²) in [6, 6.07) is 14.1. The van der Waals surface area contributed by atoms with Gasteiger partial charge in [0.05, 0.1) is 16.9 Å². The number of hydrogen-bond donors (Lipinski definition) is 1. The van der Waals surface area contributed by atoms with Crippen LogP contribution >= 0.6 is 11.8 Å². The van der Waals surface area contributed by atoms with Gasteiger partial charge in [-0.05, 0) is 43.3 Å². The Balaban J connectivity index is 1.41. The van der Waals surface area contributed by atoms with Gasteiger partial charge in [0.25, 0.3) is 5.22 Å². The number of amides is 1. The maximum absolute atomic E-state index is 12.4. The number of fused-ring (bicyclic) bond motifs is 1. The highest BCUT2D eigenvalue weighted by atomic mass is 32.2. The minimum Gasteiger partial charge on any atom is -0.454 e. The Labute approximate surface area is 164 Å². The number of nitrogens with zero attached hydrogens (tertiary/aromatic N) is 3. The second-order valence-corrected chi connectivity index (χ2v) is 7.18. The fourth-order valence-corrected chi connectivity index (χ4v) is 3.20. The summed E-state index contributed by atoms with van der Waals surface area (Å²) in [6.07, 6.45) is 0. The molecular weight excluding hydrogens is 380 g/mol. The van der Waals surface area contributed by atoms with E-state index in [2.05, 4.69) is 15.5 Å². The van der Waals surface area contributed by atoms with Gasteiger partial charge in [0.15, 0.2) is 11.5 Å². The minimum atomic E-state index is -0.476. The van der Waals surface area contributed by atoms with Gasteiger partial charge in [0.2, 0.25) is 18.6 Å². The van der Waals surface area contributed by atoms with E-state index in [0.29, 0.717) is 34.2 Å². The highest BCUT2D eigenvalue weighted by molar-refractivity contribution is 8.00. The van der Waals surface area contributed by atoms with Gasteiger partial charge in [-0.15, -0.1) is 10.2 Å². The fourth-order valence-electron chi connectivity index (χ4n) is 2.52. The summed E-state index contributed by atoms with van der Waals surface area (Å²) in [6.45, 7) is 1.92. The molecule has 1 unspecified atom stereocenters. The SMILES string of the molecule is CC(Sc1nnc(-c2ccc3c(c2)OCO3)o1)C(=O)Nc1cccc(C#N)c1. The van der Waals surface area contributed by atoms with Crippen molar-refractivity contribution in [3.05, 3.63) is 48.0 Å². The van der Waals surface area contributed by atoms with E-state index >= 15 is 0 Å². The third kappa shape index (κ3) is 3.77. The number of carbonyl (C=O) groups is 1. The highest BCUT2D eigenvalue weighted by Gasteiger charge is 2.20. The summed E-state index contributed by atoms with van der Waals surface area (Å²) in [4.78, 5) is 12.4. The molecule has 3 aromatic rings. The van der Waals surface area contributed by atoms with Gasteiger partial charge < -0.3 is 19.2 Å². The van der Waals surface area contributed by atoms with E-state index in [4.69, 9.17) is 19.2 Å². The van der Waals surface area contributed by atoms with Crippen LogP contribution in [0.3, 0.4) is 0 Å². The summed E-state index contributed by atoms with van der Waals surface area (Å²) < 4.78 is 16.3. The van der Waals surface area contributed by atoms with Crippen molar-refractivity contribution in [2.24, 2.45) is 0 Å². The van der Waals surface area contributed by atoms with Crippen LogP contribution < -0.4 is 14.8 Å². The number of nitrogens with one attached hydrogen (secondary N) is 1. The third-order valence-electron chi connectivity index (χ3n) is 3.93. The molecular formula is C19H14N4O4S. The molecule has 1 N–H and O–H groups in total. The van der Waals surface area contributed by atoms with Crippen molar-refractivity contribution in [2.75, 3.05) is 12.1 Å². The Morgan fingerprint density at radius 1 is 1.21 bits per heavy atom. The first-order valence-corrected chi connectivity index (χ1v) is 9.21. The summed E-state index contributed by atoms with van der Waals surface area (Å²) in [5, 5.41) is 19.5. The van der Waals surface area contributed by atoms with Gasteiger partial charge >= 0.3 is 0 Å². The van der Waals surface area contributed by atoms with Gasteiger partial charge in [0, 0.05) is 11.3 Å². The summed E-state index contributed by atoms with van der Waals surface area (Å²) in [5.74, 6) is 1.39. The standard InChI is InChI=1S/C19H14N4O4S/c1-11(17(24)21-14-4-2-3-12(7-14)9-20)28-19-23-22-18(27-19)13-5-6-15-16(8-13)26-10-25-15/h2-8,11H,10H2,1H3,(H,21,24). The zero-order chi connectivity index (χ0) is 19.5. The molecule has 1 atom stereocenters. The van der Waals surface area contributed by atoms with Crippen molar-refractivity contribution >= 4 is 23.4 Å². The number of hydrogen-bond acceptors (Lipinski definition) is 8. The zero-order valence-corrected chi connectivity index (χ0v) is 15.5. The van der Waals surface area contributed by atoms with Crippen molar-refractivity contribution in [3.63, 3.8) is 0 Å². The van der Waals surface area contributed by atoms with Crippen molar-refractivity contribution in [2.45, 2.75) is 17.4 Å². The van der Waals surface area contributed by atoms with Crippen LogP contribution in [0.1, 0.15) is 12.5 Å². The Kier molecular flexibility index (Phi) is 4.87. The molecule has 1 aliphatic rings. The topological polar surface area (TPSA) is 110 Å². The van der Waals surface area contributed by atoms with Gasteiger partial charge in [-0.3, -0.25) is 4.79 Å². The maximum Gasteiger partial charge on any atom is 0.277 e. The summed E-state index contributed by atoms with van der Waals surface area (Å²) >= 11 is 1.15. The molecule has 0 aliphatic carbocycles. The number of aromatic nitrogens is 2. The van der Waals surface area contributed by atoms with E-state index in [9.17, 15) is 4.79 Å². The van der Waals surface area contributed by atoms with E-state index in [1.54, 1.807) is 49.4 Å². The monoisotopic (exact) mass is 394 g/mol. The highest BCUT2D eigenvalue weighted by Crippen LogP contribution is 2.36. The Bertz CT molecular complexity index is 1080. The van der Waals surface area contributed by atoms with Gasteiger partial charge in [-0.2, -0.15) is 5.26 Å². The number of rotatable bonds is 5. The van der Waals surface area contributed by atoms with Crippen molar-refractivity contribution in [1.29, 1.82) is 5.26 Å². The minimum absolute atomic E-state index is 0.188. The molecule has 2 heterocycles. The molecule has 8 nitrogen and oxygen atoms in total. The van der Waals surface area contributed by atoms with Crippen molar-refractivity contribution in [1.82, 2.24) is 10.2 Å². The van der Waals surface area contributed by atoms with Crippen LogP contribution in [0.2, 0.25) is 0 Å². The lowest BCUT2D eigenvalue weighted by atomic mass is 10.2. The van der Waals surface area contributed by atoms with Crippen LogP contribution in [0.25, 0.3) is 11.5 Å².